The quantitative estimate of drug-likeness (QED) is 0.263. The van der Waals surface area contributed by atoms with Crippen LogP contribution in [0.15, 0.2) is 39.3 Å². The lowest BCUT2D eigenvalue weighted by atomic mass is 9.99. The summed E-state index contributed by atoms with van der Waals surface area (Å²) in [4.78, 5) is 0. The second kappa shape index (κ2) is 9.24. The maximum atomic E-state index is 3.84. The van der Waals surface area contributed by atoms with E-state index in [1.807, 2.05) is 0 Å². The molecule has 0 saturated heterocycles. The van der Waals surface area contributed by atoms with E-state index >= 15 is 0 Å². The summed E-state index contributed by atoms with van der Waals surface area (Å²) < 4.78 is 2.52. The highest BCUT2D eigenvalue weighted by molar-refractivity contribution is 9.13. The van der Waals surface area contributed by atoms with E-state index in [0.717, 1.165) is 6.42 Å². The maximum Gasteiger partial charge on any atom is 0.0361 e. The van der Waals surface area contributed by atoms with Gasteiger partial charge in [-0.15, -0.1) is 0 Å². The van der Waals surface area contributed by atoms with Gasteiger partial charge in [0.1, 0.15) is 0 Å². The average Bonchev–Trinajstić information content (AvgIpc) is 2.94. The molecule has 0 amide bonds. The molecule has 1 aliphatic rings. The summed E-state index contributed by atoms with van der Waals surface area (Å²) in [6.07, 6.45) is 10.3. The molecule has 0 unspecified atom stereocenters. The molecule has 0 bridgehead atoms. The summed E-state index contributed by atoms with van der Waals surface area (Å²) in [5.41, 5.74) is 7.18. The van der Waals surface area contributed by atoms with Crippen LogP contribution in [0.5, 0.6) is 0 Å². The first-order chi connectivity index (χ1) is 11.2. The lowest BCUT2D eigenvalue weighted by Gasteiger charge is -2.12. The van der Waals surface area contributed by atoms with E-state index in [2.05, 4.69) is 69.1 Å². The van der Waals surface area contributed by atoms with Gasteiger partial charge in [-0.2, -0.15) is 0 Å². The molecular formula is C21H24BBr2. The van der Waals surface area contributed by atoms with Crippen molar-refractivity contribution in [2.45, 2.75) is 58.3 Å². The molecule has 2 aromatic carbocycles. The van der Waals surface area contributed by atoms with Gasteiger partial charge in [-0.3, -0.25) is 0 Å². The highest BCUT2D eigenvalue weighted by Crippen LogP contribution is 2.44. The summed E-state index contributed by atoms with van der Waals surface area (Å²) >= 11 is 7.66. The van der Waals surface area contributed by atoms with Crippen molar-refractivity contribution < 1.29 is 0 Å². The molecule has 0 saturated carbocycles. The van der Waals surface area contributed by atoms with Gasteiger partial charge in [-0.25, -0.2) is 0 Å². The summed E-state index contributed by atoms with van der Waals surface area (Å²) in [7, 11) is 0. The maximum absolute atomic E-state index is 3.84. The van der Waals surface area contributed by atoms with Crippen molar-refractivity contribution in [3.63, 3.8) is 0 Å². The van der Waals surface area contributed by atoms with Crippen LogP contribution in [0.1, 0.15) is 62.1 Å². The Kier molecular flexibility index (Phi) is 7.62. The van der Waals surface area contributed by atoms with Crippen molar-refractivity contribution in [2.75, 3.05) is 0 Å². The Labute approximate surface area is 165 Å². The minimum Gasteiger partial charge on any atom is -0.0654 e. The first-order valence-electron chi connectivity index (χ1n) is 8.80. The van der Waals surface area contributed by atoms with E-state index in [4.69, 9.17) is 0 Å². The number of hydrogen-bond donors (Lipinski definition) is 0. The summed E-state index contributed by atoms with van der Waals surface area (Å²) in [6, 6.07) is 11.2. The summed E-state index contributed by atoms with van der Waals surface area (Å²) in [5, 5.41) is 0. The topological polar surface area (TPSA) is 0 Å². The van der Waals surface area contributed by atoms with Gasteiger partial charge in [0, 0.05) is 17.4 Å². The standard InChI is InChI=1S/C21H24Br2.B/c1-2-3-4-5-6-7-11-16-14-18-17-12-9-8-10-15(17)13-19(18)21(23)20(16)22;/h8-10,12,14H,2-7,11,13H2,1H3;. The van der Waals surface area contributed by atoms with E-state index < -0.39 is 0 Å². The van der Waals surface area contributed by atoms with Gasteiger partial charge >= 0.3 is 0 Å². The zero-order valence-corrected chi connectivity index (χ0v) is 17.5. The number of hydrogen-bond acceptors (Lipinski definition) is 0. The number of rotatable bonds is 7. The summed E-state index contributed by atoms with van der Waals surface area (Å²) in [6.45, 7) is 2.27. The highest BCUT2D eigenvalue weighted by Gasteiger charge is 2.23. The minimum absolute atomic E-state index is 0. The van der Waals surface area contributed by atoms with Crippen molar-refractivity contribution >= 4 is 40.3 Å². The average molecular weight is 447 g/mol. The smallest absolute Gasteiger partial charge is 0.0361 e. The van der Waals surface area contributed by atoms with Gasteiger partial charge in [0.15, 0.2) is 0 Å². The van der Waals surface area contributed by atoms with Crippen LogP contribution in [0.25, 0.3) is 11.1 Å². The van der Waals surface area contributed by atoms with Gasteiger partial charge in [0.2, 0.25) is 0 Å². The molecule has 3 heteroatoms. The largest absolute Gasteiger partial charge is 0.0654 e. The predicted octanol–water partition coefficient (Wildman–Crippen LogP) is 7.31. The molecule has 125 valence electrons. The minimum atomic E-state index is 0. The molecule has 2 aromatic rings. The Morgan fingerprint density at radius 2 is 1.58 bits per heavy atom. The van der Waals surface area contributed by atoms with Gasteiger partial charge in [-0.05, 0) is 85.0 Å². The van der Waals surface area contributed by atoms with E-state index in [0.29, 0.717) is 0 Å². The Balaban J connectivity index is 0.00000208. The first-order valence-corrected chi connectivity index (χ1v) is 10.4. The van der Waals surface area contributed by atoms with Crippen molar-refractivity contribution in [2.24, 2.45) is 0 Å². The first kappa shape index (κ1) is 19.8. The van der Waals surface area contributed by atoms with E-state index in [1.165, 1.54) is 81.7 Å². The van der Waals surface area contributed by atoms with Crippen LogP contribution in [0.4, 0.5) is 0 Å². The molecule has 0 nitrogen and oxygen atoms in total. The lowest BCUT2D eigenvalue weighted by Crippen LogP contribution is -1.93. The molecular weight excluding hydrogens is 423 g/mol. The van der Waals surface area contributed by atoms with Gasteiger partial charge in [0.05, 0.1) is 0 Å². The fraction of sp³-hybridized carbons (Fsp3) is 0.429. The molecule has 3 rings (SSSR count). The number of fused-ring (bicyclic) bond motifs is 3. The molecule has 0 N–H and O–H groups in total. The van der Waals surface area contributed by atoms with E-state index in [1.54, 1.807) is 0 Å². The molecule has 24 heavy (non-hydrogen) atoms. The molecule has 0 aromatic heterocycles. The molecule has 1 aliphatic carbocycles. The molecule has 3 radical (unpaired) electrons. The molecule has 0 spiro atoms. The van der Waals surface area contributed by atoms with E-state index in [-0.39, 0.29) is 8.41 Å². The molecule has 0 atom stereocenters. The molecule has 0 heterocycles. The van der Waals surface area contributed by atoms with Crippen molar-refractivity contribution in [3.8, 4) is 11.1 Å². The Hall–Kier alpha value is -0.535. The number of benzene rings is 2. The Morgan fingerprint density at radius 3 is 2.38 bits per heavy atom. The van der Waals surface area contributed by atoms with Gasteiger partial charge in [0.25, 0.3) is 0 Å². The van der Waals surface area contributed by atoms with Gasteiger partial charge < -0.3 is 0 Å². The second-order valence-corrected chi connectivity index (χ2v) is 8.13. The lowest BCUT2D eigenvalue weighted by molar-refractivity contribution is 0.607. The third-order valence-electron chi connectivity index (χ3n) is 4.86. The van der Waals surface area contributed by atoms with Crippen LogP contribution in [-0.2, 0) is 12.8 Å². The summed E-state index contributed by atoms with van der Waals surface area (Å²) in [5.74, 6) is 0. The van der Waals surface area contributed by atoms with Crippen LogP contribution < -0.4 is 0 Å². The fourth-order valence-corrected chi connectivity index (χ4v) is 4.70. The van der Waals surface area contributed by atoms with Crippen LogP contribution in [0.3, 0.4) is 0 Å². The molecule has 0 aliphatic heterocycles. The van der Waals surface area contributed by atoms with Crippen molar-refractivity contribution in [3.05, 3.63) is 56.0 Å². The van der Waals surface area contributed by atoms with Crippen LogP contribution in [0.2, 0.25) is 0 Å². The zero-order valence-electron chi connectivity index (χ0n) is 14.4. The number of aryl methyl sites for hydroxylation is 1. The van der Waals surface area contributed by atoms with Crippen LogP contribution >= 0.6 is 31.9 Å². The Bertz CT molecular complexity index is 694. The monoisotopic (exact) mass is 445 g/mol. The normalized spacial score (nSPS) is 11.8. The number of halogens is 2. The third kappa shape index (κ3) is 4.16. The Morgan fingerprint density at radius 1 is 0.875 bits per heavy atom. The van der Waals surface area contributed by atoms with Crippen LogP contribution in [0, 0.1) is 0 Å². The second-order valence-electron chi connectivity index (χ2n) is 6.54. The predicted molar refractivity (Wildman–Crippen MR) is 113 cm³/mol. The SMILES string of the molecule is CCCCCCCCc1cc2c(c(Br)c1Br)Cc1ccccc1-2.[B]. The third-order valence-corrected chi connectivity index (χ3v) is 7.17. The van der Waals surface area contributed by atoms with Gasteiger partial charge in [-0.1, -0.05) is 63.3 Å². The number of unbranched alkanes of at least 4 members (excludes halogenated alkanes) is 5. The van der Waals surface area contributed by atoms with Crippen molar-refractivity contribution in [1.29, 1.82) is 0 Å². The van der Waals surface area contributed by atoms with Crippen molar-refractivity contribution in [1.82, 2.24) is 0 Å². The fourth-order valence-electron chi connectivity index (χ4n) is 3.53. The zero-order chi connectivity index (χ0) is 16.2. The van der Waals surface area contributed by atoms with Crippen LogP contribution in [-0.4, -0.2) is 8.41 Å². The van der Waals surface area contributed by atoms with E-state index in [9.17, 15) is 0 Å². The molecule has 0 fully saturated rings. The highest BCUT2D eigenvalue weighted by atomic mass is 79.9.